The first kappa shape index (κ1) is 15.3. The SMILES string of the molecule is CCOC(=O)c1c(N)nsc1Nc1cnn(CCOC)c1. The number of carbonyl (C=O) groups is 1. The zero-order chi connectivity index (χ0) is 15.2. The van der Waals surface area contributed by atoms with Crippen LogP contribution in [0.25, 0.3) is 0 Å². The molecule has 2 aromatic rings. The largest absolute Gasteiger partial charge is 0.462 e. The van der Waals surface area contributed by atoms with Gasteiger partial charge in [-0.2, -0.15) is 9.47 Å². The van der Waals surface area contributed by atoms with Crippen molar-refractivity contribution < 1.29 is 14.3 Å². The van der Waals surface area contributed by atoms with Crippen LogP contribution < -0.4 is 11.1 Å². The zero-order valence-electron chi connectivity index (χ0n) is 11.8. The Hall–Kier alpha value is -2.13. The first-order valence-corrected chi connectivity index (χ1v) is 7.13. The molecule has 0 aliphatic heterocycles. The summed E-state index contributed by atoms with van der Waals surface area (Å²) < 4.78 is 15.7. The number of methoxy groups -OCH3 is 1. The summed E-state index contributed by atoms with van der Waals surface area (Å²) in [5.74, 6) is -0.328. The van der Waals surface area contributed by atoms with E-state index in [1.807, 2.05) is 6.20 Å². The maximum atomic E-state index is 11.9. The molecule has 0 aliphatic rings. The summed E-state index contributed by atoms with van der Waals surface area (Å²) in [5, 5.41) is 7.80. The molecule has 8 nitrogen and oxygen atoms in total. The zero-order valence-corrected chi connectivity index (χ0v) is 12.6. The van der Waals surface area contributed by atoms with Crippen molar-refractivity contribution in [2.24, 2.45) is 0 Å². The smallest absolute Gasteiger partial charge is 0.345 e. The Balaban J connectivity index is 2.12. The average molecular weight is 311 g/mol. The predicted octanol–water partition coefficient (Wildman–Crippen LogP) is 1.49. The number of nitrogens with one attached hydrogen (secondary N) is 1. The molecule has 0 saturated heterocycles. The van der Waals surface area contributed by atoms with Crippen molar-refractivity contribution in [3.63, 3.8) is 0 Å². The Morgan fingerprint density at radius 1 is 1.57 bits per heavy atom. The maximum absolute atomic E-state index is 11.9. The van der Waals surface area contributed by atoms with Gasteiger partial charge in [-0.25, -0.2) is 4.79 Å². The molecular weight excluding hydrogens is 294 g/mol. The van der Waals surface area contributed by atoms with Gasteiger partial charge in [0.15, 0.2) is 5.82 Å². The standard InChI is InChI=1S/C12H17N5O3S/c1-3-20-12(18)9-10(13)16-21-11(9)15-8-6-14-17(7-8)4-5-19-2/h6-7,15H,3-5H2,1-2H3,(H2,13,16). The Bertz CT molecular complexity index is 610. The van der Waals surface area contributed by atoms with E-state index in [-0.39, 0.29) is 18.0 Å². The lowest BCUT2D eigenvalue weighted by Gasteiger charge is -2.04. The van der Waals surface area contributed by atoms with Crippen LogP contribution in [0.1, 0.15) is 17.3 Å². The quantitative estimate of drug-likeness (QED) is 0.746. The lowest BCUT2D eigenvalue weighted by Crippen LogP contribution is -2.08. The van der Waals surface area contributed by atoms with E-state index < -0.39 is 5.97 Å². The van der Waals surface area contributed by atoms with Crippen LogP contribution in [0.5, 0.6) is 0 Å². The number of aromatic nitrogens is 3. The number of esters is 1. The molecule has 21 heavy (non-hydrogen) atoms. The van der Waals surface area contributed by atoms with Gasteiger partial charge in [-0.1, -0.05) is 0 Å². The number of rotatable bonds is 7. The summed E-state index contributed by atoms with van der Waals surface area (Å²) in [6, 6.07) is 0. The molecule has 0 aromatic carbocycles. The van der Waals surface area contributed by atoms with Gasteiger partial charge in [-0.05, 0) is 18.5 Å². The van der Waals surface area contributed by atoms with E-state index in [0.29, 0.717) is 18.2 Å². The van der Waals surface area contributed by atoms with Crippen molar-refractivity contribution in [2.45, 2.75) is 13.5 Å². The van der Waals surface area contributed by atoms with Crippen LogP contribution in [-0.2, 0) is 16.0 Å². The van der Waals surface area contributed by atoms with Gasteiger partial charge >= 0.3 is 5.97 Å². The van der Waals surface area contributed by atoms with Crippen LogP contribution in [0.2, 0.25) is 0 Å². The molecule has 2 aromatic heterocycles. The van der Waals surface area contributed by atoms with E-state index in [0.717, 1.165) is 17.2 Å². The number of hydrogen-bond donors (Lipinski definition) is 2. The van der Waals surface area contributed by atoms with Crippen molar-refractivity contribution in [3.05, 3.63) is 18.0 Å². The third-order valence-electron chi connectivity index (χ3n) is 2.61. The summed E-state index contributed by atoms with van der Waals surface area (Å²) in [6.45, 7) is 3.24. The molecule has 0 aliphatic carbocycles. The van der Waals surface area contributed by atoms with E-state index in [4.69, 9.17) is 15.2 Å². The number of nitrogens with two attached hydrogens (primary N) is 1. The van der Waals surface area contributed by atoms with Gasteiger partial charge in [0, 0.05) is 13.3 Å². The number of hydrogen-bond acceptors (Lipinski definition) is 8. The van der Waals surface area contributed by atoms with Gasteiger partial charge in [0.2, 0.25) is 0 Å². The van der Waals surface area contributed by atoms with Gasteiger partial charge in [-0.3, -0.25) is 4.68 Å². The van der Waals surface area contributed by atoms with E-state index in [1.165, 1.54) is 0 Å². The molecule has 2 heterocycles. The first-order valence-electron chi connectivity index (χ1n) is 6.36. The summed E-state index contributed by atoms with van der Waals surface area (Å²) >= 11 is 1.10. The number of ether oxygens (including phenoxy) is 2. The molecular formula is C12H17N5O3S. The Kier molecular flexibility index (Phi) is 5.12. The van der Waals surface area contributed by atoms with Crippen molar-refractivity contribution in [1.82, 2.24) is 14.2 Å². The lowest BCUT2D eigenvalue weighted by molar-refractivity contribution is 0.0529. The highest BCUT2D eigenvalue weighted by atomic mass is 32.1. The van der Waals surface area contributed by atoms with Gasteiger partial charge in [0.25, 0.3) is 0 Å². The molecule has 2 rings (SSSR count). The fourth-order valence-electron chi connectivity index (χ4n) is 1.65. The lowest BCUT2D eigenvalue weighted by atomic mass is 10.3. The second-order valence-electron chi connectivity index (χ2n) is 4.10. The van der Waals surface area contributed by atoms with E-state index in [9.17, 15) is 4.79 Å². The second kappa shape index (κ2) is 7.04. The van der Waals surface area contributed by atoms with Crippen LogP contribution in [-0.4, -0.2) is 40.4 Å². The van der Waals surface area contributed by atoms with Crippen molar-refractivity contribution >= 4 is 34.0 Å². The Labute approximate surface area is 126 Å². The third kappa shape index (κ3) is 3.70. The van der Waals surface area contributed by atoms with Crippen LogP contribution in [0.4, 0.5) is 16.5 Å². The third-order valence-corrected chi connectivity index (χ3v) is 3.39. The molecule has 114 valence electrons. The minimum Gasteiger partial charge on any atom is -0.462 e. The normalized spacial score (nSPS) is 10.6. The molecule has 3 N–H and O–H groups in total. The molecule has 0 saturated carbocycles. The van der Waals surface area contributed by atoms with Gasteiger partial charge < -0.3 is 20.5 Å². The topological polar surface area (TPSA) is 104 Å². The fraction of sp³-hybridized carbons (Fsp3) is 0.417. The minimum atomic E-state index is -0.488. The molecule has 0 radical (unpaired) electrons. The van der Waals surface area contributed by atoms with Crippen LogP contribution in [0, 0.1) is 0 Å². The summed E-state index contributed by atoms with van der Waals surface area (Å²) in [5.41, 5.74) is 6.71. The molecule has 0 bridgehead atoms. The highest BCUT2D eigenvalue weighted by molar-refractivity contribution is 7.11. The van der Waals surface area contributed by atoms with E-state index >= 15 is 0 Å². The first-order chi connectivity index (χ1) is 10.2. The van der Waals surface area contributed by atoms with E-state index in [2.05, 4.69) is 14.8 Å². The van der Waals surface area contributed by atoms with Crippen molar-refractivity contribution in [1.29, 1.82) is 0 Å². The molecule has 0 amide bonds. The molecule has 0 atom stereocenters. The molecule has 0 unspecified atom stereocenters. The number of nitrogen functional groups attached to an aromatic ring is 1. The molecule has 0 fully saturated rings. The predicted molar refractivity (Wildman–Crippen MR) is 79.9 cm³/mol. The van der Waals surface area contributed by atoms with Gasteiger partial charge in [0.1, 0.15) is 10.6 Å². The number of carbonyl (C=O) groups excluding carboxylic acids is 1. The summed E-state index contributed by atoms with van der Waals surface area (Å²) in [7, 11) is 1.63. The molecule has 0 spiro atoms. The highest BCUT2D eigenvalue weighted by Gasteiger charge is 2.20. The number of anilines is 3. The van der Waals surface area contributed by atoms with E-state index in [1.54, 1.807) is 24.9 Å². The summed E-state index contributed by atoms with van der Waals surface area (Å²) in [6.07, 6.45) is 3.46. The Morgan fingerprint density at radius 3 is 3.10 bits per heavy atom. The number of nitrogens with zero attached hydrogens (tertiary/aromatic N) is 3. The highest BCUT2D eigenvalue weighted by Crippen LogP contribution is 2.30. The van der Waals surface area contributed by atoms with Crippen molar-refractivity contribution in [2.75, 3.05) is 31.4 Å². The van der Waals surface area contributed by atoms with Crippen LogP contribution in [0.15, 0.2) is 12.4 Å². The minimum absolute atomic E-state index is 0.160. The second-order valence-corrected chi connectivity index (χ2v) is 4.88. The monoisotopic (exact) mass is 311 g/mol. The van der Waals surface area contributed by atoms with Crippen molar-refractivity contribution in [3.8, 4) is 0 Å². The summed E-state index contributed by atoms with van der Waals surface area (Å²) in [4.78, 5) is 11.9. The molecule has 9 heteroatoms. The average Bonchev–Trinajstić information content (AvgIpc) is 3.04. The fourth-order valence-corrected chi connectivity index (χ4v) is 2.38. The maximum Gasteiger partial charge on any atom is 0.345 e. The Morgan fingerprint density at radius 2 is 2.38 bits per heavy atom. The van der Waals surface area contributed by atoms with Crippen LogP contribution in [0.3, 0.4) is 0 Å². The van der Waals surface area contributed by atoms with Gasteiger partial charge in [0.05, 0.1) is 31.6 Å². The van der Waals surface area contributed by atoms with Gasteiger partial charge in [-0.15, -0.1) is 0 Å². The van der Waals surface area contributed by atoms with Crippen LogP contribution >= 0.6 is 11.5 Å².